The Morgan fingerprint density at radius 2 is 1.75 bits per heavy atom. The van der Waals surface area contributed by atoms with Crippen LogP contribution < -0.4 is 4.90 Å². The van der Waals surface area contributed by atoms with Crippen LogP contribution in [-0.4, -0.2) is 13.1 Å². The number of fused-ring (bicyclic) bond motifs is 3. The quantitative estimate of drug-likeness (QED) is 0.633. The van der Waals surface area contributed by atoms with Crippen LogP contribution in [0.3, 0.4) is 0 Å². The highest BCUT2D eigenvalue weighted by molar-refractivity contribution is 5.61. The maximum absolute atomic E-state index is 2.53. The average Bonchev–Trinajstić information content (AvgIpc) is 2.52. The van der Waals surface area contributed by atoms with E-state index in [-0.39, 0.29) is 0 Å². The molecule has 86 valence electrons. The zero-order valence-corrected chi connectivity index (χ0v) is 10.2. The van der Waals surface area contributed by atoms with Crippen LogP contribution in [0, 0.1) is 0 Å². The van der Waals surface area contributed by atoms with E-state index in [0.29, 0.717) is 0 Å². The van der Waals surface area contributed by atoms with Crippen LogP contribution in [0.15, 0.2) is 24.3 Å². The van der Waals surface area contributed by atoms with E-state index in [1.54, 1.807) is 5.56 Å². The predicted molar refractivity (Wildman–Crippen MR) is 69.1 cm³/mol. The maximum Gasteiger partial charge on any atom is 0.0402 e. The molecular formula is C15H21N. The molecule has 2 atom stereocenters. The summed E-state index contributed by atoms with van der Waals surface area (Å²) in [6.07, 6.45) is 8.49. The lowest BCUT2D eigenvalue weighted by molar-refractivity contribution is 0.413. The summed E-state index contributed by atoms with van der Waals surface area (Å²) < 4.78 is 0. The number of anilines is 1. The molecule has 1 saturated carbocycles. The Balaban J connectivity index is 1.96. The molecule has 1 fully saturated rings. The third-order valence-electron chi connectivity index (χ3n) is 4.44. The Morgan fingerprint density at radius 3 is 2.62 bits per heavy atom. The van der Waals surface area contributed by atoms with Gasteiger partial charge in [0.1, 0.15) is 0 Å². The van der Waals surface area contributed by atoms with Crippen molar-refractivity contribution in [1.29, 1.82) is 0 Å². The first-order chi connectivity index (χ1) is 7.88. The summed E-state index contributed by atoms with van der Waals surface area (Å²) in [6.45, 7) is 0. The third-order valence-corrected chi connectivity index (χ3v) is 4.44. The van der Waals surface area contributed by atoms with Gasteiger partial charge in [-0.15, -0.1) is 0 Å². The number of benzene rings is 1. The van der Waals surface area contributed by atoms with Gasteiger partial charge in [0.15, 0.2) is 0 Å². The molecule has 1 aliphatic carbocycles. The molecule has 0 bridgehead atoms. The third kappa shape index (κ3) is 1.53. The van der Waals surface area contributed by atoms with Gasteiger partial charge in [0, 0.05) is 24.7 Å². The van der Waals surface area contributed by atoms with E-state index in [0.717, 1.165) is 12.0 Å². The Kier molecular flexibility index (Phi) is 2.62. The highest BCUT2D eigenvalue weighted by Crippen LogP contribution is 2.45. The molecule has 0 saturated heterocycles. The van der Waals surface area contributed by atoms with Crippen molar-refractivity contribution >= 4 is 5.69 Å². The summed E-state index contributed by atoms with van der Waals surface area (Å²) in [7, 11) is 2.28. The van der Waals surface area contributed by atoms with Crippen molar-refractivity contribution in [3.8, 4) is 0 Å². The molecule has 3 rings (SSSR count). The van der Waals surface area contributed by atoms with Crippen molar-refractivity contribution in [2.45, 2.75) is 50.5 Å². The minimum Gasteiger partial charge on any atom is -0.371 e. The number of rotatable bonds is 0. The Hall–Kier alpha value is -0.980. The minimum absolute atomic E-state index is 0.776. The first kappa shape index (κ1) is 10.2. The van der Waals surface area contributed by atoms with Crippen LogP contribution in [0.1, 0.15) is 50.0 Å². The number of para-hydroxylation sites is 1. The van der Waals surface area contributed by atoms with E-state index in [1.165, 1.54) is 44.2 Å². The Labute approximate surface area is 98.5 Å². The highest BCUT2D eigenvalue weighted by Gasteiger charge is 2.35. The monoisotopic (exact) mass is 215 g/mol. The van der Waals surface area contributed by atoms with E-state index in [1.807, 2.05) is 0 Å². The standard InChI is InChI=1S/C15H21N/c1-16-14-10-5-3-2-4-8-12(14)13-9-6-7-11-15(13)16/h6-7,9,11-12,14H,2-5,8,10H2,1H3. The van der Waals surface area contributed by atoms with Crippen molar-refractivity contribution in [2.75, 3.05) is 11.9 Å². The van der Waals surface area contributed by atoms with Gasteiger partial charge in [0.05, 0.1) is 0 Å². The molecule has 1 aliphatic heterocycles. The van der Waals surface area contributed by atoms with Gasteiger partial charge in [-0.1, -0.05) is 43.9 Å². The average molecular weight is 215 g/mol. The summed E-state index contributed by atoms with van der Waals surface area (Å²) in [5.74, 6) is 0.807. The molecule has 2 aliphatic rings. The lowest BCUT2D eigenvalue weighted by Gasteiger charge is -2.28. The van der Waals surface area contributed by atoms with Crippen molar-refractivity contribution < 1.29 is 0 Å². The fourth-order valence-corrected chi connectivity index (χ4v) is 3.59. The van der Waals surface area contributed by atoms with Crippen molar-refractivity contribution in [2.24, 2.45) is 0 Å². The van der Waals surface area contributed by atoms with Gasteiger partial charge >= 0.3 is 0 Å². The van der Waals surface area contributed by atoms with Crippen molar-refractivity contribution in [3.63, 3.8) is 0 Å². The molecule has 1 heterocycles. The highest BCUT2D eigenvalue weighted by atomic mass is 15.2. The Morgan fingerprint density at radius 1 is 1.00 bits per heavy atom. The summed E-state index contributed by atoms with van der Waals surface area (Å²) in [5.41, 5.74) is 3.09. The molecule has 1 aromatic rings. The fraction of sp³-hybridized carbons (Fsp3) is 0.600. The van der Waals surface area contributed by atoms with Gasteiger partial charge in [-0.25, -0.2) is 0 Å². The lowest BCUT2D eigenvalue weighted by atomic mass is 9.85. The second-order valence-corrected chi connectivity index (χ2v) is 5.34. The molecule has 16 heavy (non-hydrogen) atoms. The number of likely N-dealkylation sites (N-methyl/N-ethyl adjacent to an activating group) is 1. The second-order valence-electron chi connectivity index (χ2n) is 5.34. The molecule has 0 radical (unpaired) electrons. The largest absolute Gasteiger partial charge is 0.371 e. The molecule has 1 nitrogen and oxygen atoms in total. The van der Waals surface area contributed by atoms with Gasteiger partial charge in [-0.3, -0.25) is 0 Å². The van der Waals surface area contributed by atoms with Crippen LogP contribution in [0.25, 0.3) is 0 Å². The lowest BCUT2D eigenvalue weighted by Crippen LogP contribution is -2.31. The van der Waals surface area contributed by atoms with E-state index < -0.39 is 0 Å². The predicted octanol–water partition coefficient (Wildman–Crippen LogP) is 3.94. The molecule has 0 spiro atoms. The summed E-state index contributed by atoms with van der Waals surface area (Å²) in [5, 5.41) is 0. The summed E-state index contributed by atoms with van der Waals surface area (Å²) in [4.78, 5) is 2.53. The van der Waals surface area contributed by atoms with E-state index in [2.05, 4.69) is 36.2 Å². The van der Waals surface area contributed by atoms with Crippen molar-refractivity contribution in [1.82, 2.24) is 0 Å². The first-order valence-electron chi connectivity index (χ1n) is 6.69. The molecule has 0 N–H and O–H groups in total. The maximum atomic E-state index is 2.53. The van der Waals surface area contributed by atoms with E-state index in [9.17, 15) is 0 Å². The molecule has 2 unspecified atom stereocenters. The molecule has 0 aromatic heterocycles. The van der Waals surface area contributed by atoms with Gasteiger partial charge in [0.2, 0.25) is 0 Å². The fourth-order valence-electron chi connectivity index (χ4n) is 3.59. The number of hydrogen-bond donors (Lipinski definition) is 0. The SMILES string of the molecule is CN1c2ccccc2C2CCCCCCC21. The van der Waals surface area contributed by atoms with Gasteiger partial charge in [-0.05, 0) is 24.5 Å². The second kappa shape index (κ2) is 4.12. The number of nitrogens with zero attached hydrogens (tertiary/aromatic N) is 1. The van der Waals surface area contributed by atoms with Crippen LogP contribution >= 0.6 is 0 Å². The minimum atomic E-state index is 0.776. The first-order valence-corrected chi connectivity index (χ1v) is 6.69. The van der Waals surface area contributed by atoms with Crippen LogP contribution in [0.5, 0.6) is 0 Å². The summed E-state index contributed by atoms with van der Waals surface area (Å²) >= 11 is 0. The summed E-state index contributed by atoms with van der Waals surface area (Å²) in [6, 6.07) is 9.79. The number of hydrogen-bond acceptors (Lipinski definition) is 1. The van der Waals surface area contributed by atoms with Gasteiger partial charge in [0.25, 0.3) is 0 Å². The topological polar surface area (TPSA) is 3.24 Å². The van der Waals surface area contributed by atoms with Gasteiger partial charge in [-0.2, -0.15) is 0 Å². The van der Waals surface area contributed by atoms with Crippen LogP contribution in [0.4, 0.5) is 5.69 Å². The molecule has 1 heteroatoms. The van der Waals surface area contributed by atoms with Crippen molar-refractivity contribution in [3.05, 3.63) is 29.8 Å². The normalized spacial score (nSPS) is 29.2. The van der Waals surface area contributed by atoms with Crippen LogP contribution in [0.2, 0.25) is 0 Å². The molecule has 0 amide bonds. The van der Waals surface area contributed by atoms with E-state index in [4.69, 9.17) is 0 Å². The van der Waals surface area contributed by atoms with Crippen LogP contribution in [-0.2, 0) is 0 Å². The smallest absolute Gasteiger partial charge is 0.0402 e. The Bertz CT molecular complexity index is 371. The van der Waals surface area contributed by atoms with Gasteiger partial charge < -0.3 is 4.90 Å². The zero-order chi connectivity index (χ0) is 11.0. The molecular weight excluding hydrogens is 194 g/mol. The molecule has 1 aromatic carbocycles. The zero-order valence-electron chi connectivity index (χ0n) is 10.2. The van der Waals surface area contributed by atoms with E-state index >= 15 is 0 Å².